The van der Waals surface area contributed by atoms with Crippen LogP contribution in [0.4, 0.5) is 5.69 Å². The molecule has 3 aromatic heterocycles. The normalized spacial score (nSPS) is 13.9. The number of carbonyl (C=O) groups is 3. The lowest BCUT2D eigenvalue weighted by Crippen LogP contribution is -2.36. The molecule has 1 saturated heterocycles. The van der Waals surface area contributed by atoms with Crippen molar-refractivity contribution in [1.29, 1.82) is 0 Å². The second-order valence-corrected chi connectivity index (χ2v) is 7.94. The number of amides is 3. The van der Waals surface area contributed by atoms with Crippen LogP contribution in [0.15, 0.2) is 53.9 Å². The van der Waals surface area contributed by atoms with E-state index in [-0.39, 0.29) is 31.2 Å². The minimum absolute atomic E-state index is 0.159. The molecule has 10 heteroatoms. The van der Waals surface area contributed by atoms with E-state index in [9.17, 15) is 14.4 Å². The fourth-order valence-corrected chi connectivity index (χ4v) is 4.10. The average molecular weight is 432 g/mol. The molecular formula is C21H16N6O3S. The smallest absolute Gasteiger partial charge is 0.244 e. The third-order valence-electron chi connectivity index (χ3n) is 4.90. The Balaban J connectivity index is 1.39. The summed E-state index contributed by atoms with van der Waals surface area (Å²) in [6.07, 6.45) is 0.318. The van der Waals surface area contributed by atoms with Crippen molar-refractivity contribution in [2.75, 3.05) is 11.9 Å². The third-order valence-corrected chi connectivity index (χ3v) is 5.77. The van der Waals surface area contributed by atoms with Crippen molar-refractivity contribution >= 4 is 40.4 Å². The number of nitrogens with zero attached hydrogens (tertiary/aromatic N) is 5. The van der Waals surface area contributed by atoms with E-state index in [0.29, 0.717) is 22.9 Å². The lowest BCUT2D eigenvalue weighted by atomic mass is 10.1. The minimum Gasteiger partial charge on any atom is -0.325 e. The van der Waals surface area contributed by atoms with Crippen LogP contribution in [-0.4, -0.2) is 49.0 Å². The van der Waals surface area contributed by atoms with E-state index in [2.05, 4.69) is 20.6 Å². The van der Waals surface area contributed by atoms with Crippen LogP contribution < -0.4 is 5.32 Å². The predicted octanol–water partition coefficient (Wildman–Crippen LogP) is 2.61. The number of hydrogen-bond donors (Lipinski definition) is 1. The molecule has 0 spiro atoms. The Kier molecular flexibility index (Phi) is 4.75. The lowest BCUT2D eigenvalue weighted by Gasteiger charge is -2.13. The fraction of sp³-hybridized carbons (Fsp3) is 0.143. The van der Waals surface area contributed by atoms with Gasteiger partial charge in [-0.1, -0.05) is 18.2 Å². The lowest BCUT2D eigenvalue weighted by molar-refractivity contribution is -0.141. The second-order valence-electron chi connectivity index (χ2n) is 6.99. The van der Waals surface area contributed by atoms with Gasteiger partial charge in [-0.15, -0.1) is 21.5 Å². The summed E-state index contributed by atoms with van der Waals surface area (Å²) < 4.78 is 1.69. The number of hydrogen-bond acceptors (Lipinski definition) is 7. The number of aromatic nitrogens is 4. The Morgan fingerprint density at radius 3 is 2.65 bits per heavy atom. The largest absolute Gasteiger partial charge is 0.325 e. The summed E-state index contributed by atoms with van der Waals surface area (Å²) in [5, 5.41) is 17.8. The SMILES string of the molecule is O=C(CN1C(=O)CCC1=O)Nc1cccc(-c2ccc3nnc(-c4cccs4)n3n2)c1. The quantitative estimate of drug-likeness (QED) is 0.486. The monoisotopic (exact) mass is 432 g/mol. The van der Waals surface area contributed by atoms with Gasteiger partial charge in [0.2, 0.25) is 17.7 Å². The first-order chi connectivity index (χ1) is 15.1. The first-order valence-electron chi connectivity index (χ1n) is 9.58. The van der Waals surface area contributed by atoms with Crippen molar-refractivity contribution < 1.29 is 14.4 Å². The molecule has 0 atom stereocenters. The highest BCUT2D eigenvalue weighted by Gasteiger charge is 2.30. The van der Waals surface area contributed by atoms with Gasteiger partial charge in [0, 0.05) is 24.1 Å². The molecule has 154 valence electrons. The van der Waals surface area contributed by atoms with Crippen LogP contribution in [0.3, 0.4) is 0 Å². The van der Waals surface area contributed by atoms with E-state index in [1.165, 1.54) is 0 Å². The minimum atomic E-state index is -0.428. The Bertz CT molecular complexity index is 1300. The summed E-state index contributed by atoms with van der Waals surface area (Å²) in [4.78, 5) is 37.7. The van der Waals surface area contributed by atoms with Gasteiger partial charge in [-0.3, -0.25) is 19.3 Å². The van der Waals surface area contributed by atoms with Crippen LogP contribution in [-0.2, 0) is 14.4 Å². The van der Waals surface area contributed by atoms with Gasteiger partial charge in [0.05, 0.1) is 10.6 Å². The summed E-state index contributed by atoms with van der Waals surface area (Å²) in [5.41, 5.74) is 2.66. The van der Waals surface area contributed by atoms with E-state index in [1.807, 2.05) is 35.7 Å². The number of benzene rings is 1. The van der Waals surface area contributed by atoms with Gasteiger partial charge in [-0.25, -0.2) is 0 Å². The molecule has 1 N–H and O–H groups in total. The average Bonchev–Trinajstić information content (AvgIpc) is 3.50. The first kappa shape index (κ1) is 19.1. The zero-order valence-corrected chi connectivity index (χ0v) is 17.0. The Hall–Kier alpha value is -3.92. The number of nitrogens with one attached hydrogen (secondary N) is 1. The third kappa shape index (κ3) is 3.68. The maximum atomic E-state index is 12.3. The van der Waals surface area contributed by atoms with E-state index < -0.39 is 5.91 Å². The van der Waals surface area contributed by atoms with E-state index in [1.54, 1.807) is 34.1 Å². The molecule has 1 fully saturated rings. The molecule has 1 aromatic carbocycles. The zero-order chi connectivity index (χ0) is 21.4. The number of anilines is 1. The number of fused-ring (bicyclic) bond motifs is 1. The topological polar surface area (TPSA) is 110 Å². The van der Waals surface area contributed by atoms with Gasteiger partial charge in [0.25, 0.3) is 0 Å². The van der Waals surface area contributed by atoms with E-state index in [4.69, 9.17) is 0 Å². The molecule has 31 heavy (non-hydrogen) atoms. The van der Waals surface area contributed by atoms with E-state index in [0.717, 1.165) is 15.3 Å². The highest BCUT2D eigenvalue weighted by molar-refractivity contribution is 7.13. The molecule has 0 aliphatic carbocycles. The van der Waals surface area contributed by atoms with Gasteiger partial charge in [0.1, 0.15) is 6.54 Å². The predicted molar refractivity (Wildman–Crippen MR) is 114 cm³/mol. The summed E-state index contributed by atoms with van der Waals surface area (Å²) in [6.45, 7) is -0.281. The van der Waals surface area contributed by atoms with Gasteiger partial charge < -0.3 is 5.32 Å². The molecule has 0 bridgehead atoms. The van der Waals surface area contributed by atoms with Crippen molar-refractivity contribution in [2.45, 2.75) is 12.8 Å². The number of carbonyl (C=O) groups excluding carboxylic acids is 3. The summed E-state index contributed by atoms with van der Waals surface area (Å²) in [6, 6.07) is 14.8. The second kappa shape index (κ2) is 7.73. The standard InChI is InChI=1S/C21H16N6O3S/c28-18(12-26-19(29)8-9-20(26)30)22-14-4-1-3-13(11-14)15-6-7-17-23-24-21(27(17)25-15)16-5-2-10-31-16/h1-7,10-11H,8-9,12H2,(H,22,28). The molecule has 4 heterocycles. The highest BCUT2D eigenvalue weighted by Crippen LogP contribution is 2.25. The van der Waals surface area contributed by atoms with Crippen LogP contribution in [0, 0.1) is 0 Å². The maximum Gasteiger partial charge on any atom is 0.244 e. The molecule has 9 nitrogen and oxygen atoms in total. The van der Waals surface area contributed by atoms with Crippen molar-refractivity contribution in [2.24, 2.45) is 0 Å². The highest BCUT2D eigenvalue weighted by atomic mass is 32.1. The van der Waals surface area contributed by atoms with Crippen LogP contribution in [0.2, 0.25) is 0 Å². The van der Waals surface area contributed by atoms with Gasteiger partial charge in [-0.05, 0) is 35.7 Å². The molecular weight excluding hydrogens is 416 g/mol. The number of likely N-dealkylation sites (tertiary alicyclic amines) is 1. The van der Waals surface area contributed by atoms with Crippen molar-refractivity contribution in [1.82, 2.24) is 24.7 Å². The Morgan fingerprint density at radius 1 is 1.03 bits per heavy atom. The molecule has 1 aliphatic rings. The Morgan fingerprint density at radius 2 is 1.87 bits per heavy atom. The zero-order valence-electron chi connectivity index (χ0n) is 16.2. The van der Waals surface area contributed by atoms with E-state index >= 15 is 0 Å². The van der Waals surface area contributed by atoms with Gasteiger partial charge in [0.15, 0.2) is 11.5 Å². The van der Waals surface area contributed by atoms with Crippen molar-refractivity contribution in [3.8, 4) is 22.0 Å². The number of imide groups is 1. The van der Waals surface area contributed by atoms with Crippen molar-refractivity contribution in [3.05, 3.63) is 53.9 Å². The fourth-order valence-electron chi connectivity index (χ4n) is 3.40. The van der Waals surface area contributed by atoms with Crippen molar-refractivity contribution in [3.63, 3.8) is 0 Å². The van der Waals surface area contributed by atoms with Crippen LogP contribution >= 0.6 is 11.3 Å². The molecule has 3 amide bonds. The maximum absolute atomic E-state index is 12.3. The van der Waals surface area contributed by atoms with Gasteiger partial charge in [-0.2, -0.15) is 9.61 Å². The first-order valence-corrected chi connectivity index (χ1v) is 10.5. The Labute approximate surface area is 180 Å². The molecule has 1 aliphatic heterocycles. The molecule has 4 aromatic rings. The molecule has 0 saturated carbocycles. The molecule has 5 rings (SSSR count). The summed E-state index contributed by atoms with van der Waals surface area (Å²) >= 11 is 1.56. The summed E-state index contributed by atoms with van der Waals surface area (Å²) in [5.74, 6) is -0.400. The van der Waals surface area contributed by atoms with Crippen LogP contribution in [0.1, 0.15) is 12.8 Å². The van der Waals surface area contributed by atoms with Crippen LogP contribution in [0.5, 0.6) is 0 Å². The molecule has 0 unspecified atom stereocenters. The summed E-state index contributed by atoms with van der Waals surface area (Å²) in [7, 11) is 0. The number of thiophene rings is 1. The van der Waals surface area contributed by atoms with Crippen LogP contribution in [0.25, 0.3) is 27.6 Å². The van der Waals surface area contributed by atoms with Gasteiger partial charge >= 0.3 is 0 Å². The number of rotatable bonds is 5. The molecule has 0 radical (unpaired) electrons.